The van der Waals surface area contributed by atoms with E-state index < -0.39 is 0 Å². The SMILES string of the molecule is CN(C)c1ccccc1CNC(=O)c1cccc(NCc2nnc(-c3ccncn3)n2C)c1. The molecule has 2 aromatic heterocycles. The summed E-state index contributed by atoms with van der Waals surface area (Å²) < 4.78 is 1.88. The van der Waals surface area contributed by atoms with E-state index in [-0.39, 0.29) is 5.91 Å². The van der Waals surface area contributed by atoms with Crippen LogP contribution in [-0.2, 0) is 20.1 Å². The molecule has 0 atom stereocenters. The first kappa shape index (κ1) is 21.9. The molecule has 168 valence electrons. The molecule has 0 spiro atoms. The smallest absolute Gasteiger partial charge is 0.251 e. The molecule has 2 aromatic carbocycles. The summed E-state index contributed by atoms with van der Waals surface area (Å²) in [5.74, 6) is 1.29. The molecule has 0 unspecified atom stereocenters. The Labute approximate surface area is 192 Å². The third kappa shape index (κ3) is 5.15. The van der Waals surface area contributed by atoms with Gasteiger partial charge in [0, 0.05) is 50.8 Å². The van der Waals surface area contributed by atoms with Gasteiger partial charge in [-0.15, -0.1) is 10.2 Å². The summed E-state index contributed by atoms with van der Waals surface area (Å²) in [6.45, 7) is 0.908. The van der Waals surface area contributed by atoms with Crippen LogP contribution in [0.5, 0.6) is 0 Å². The summed E-state index contributed by atoms with van der Waals surface area (Å²) in [7, 11) is 5.87. The van der Waals surface area contributed by atoms with Gasteiger partial charge in [-0.3, -0.25) is 4.79 Å². The quantitative estimate of drug-likeness (QED) is 0.433. The van der Waals surface area contributed by atoms with E-state index in [1.165, 1.54) is 6.33 Å². The number of rotatable bonds is 8. The number of nitrogens with zero attached hydrogens (tertiary/aromatic N) is 6. The maximum absolute atomic E-state index is 12.7. The van der Waals surface area contributed by atoms with Crippen LogP contribution in [0.4, 0.5) is 11.4 Å². The van der Waals surface area contributed by atoms with Gasteiger partial charge in [0.25, 0.3) is 5.91 Å². The van der Waals surface area contributed by atoms with E-state index in [0.29, 0.717) is 30.2 Å². The summed E-state index contributed by atoms with van der Waals surface area (Å²) in [5.41, 5.74) is 4.26. The van der Waals surface area contributed by atoms with Crippen molar-refractivity contribution in [3.8, 4) is 11.5 Å². The van der Waals surface area contributed by atoms with Gasteiger partial charge >= 0.3 is 0 Å². The van der Waals surface area contributed by atoms with E-state index in [0.717, 1.165) is 22.8 Å². The molecule has 0 aliphatic heterocycles. The number of anilines is 2. The fourth-order valence-electron chi connectivity index (χ4n) is 3.49. The van der Waals surface area contributed by atoms with Gasteiger partial charge in [-0.1, -0.05) is 24.3 Å². The van der Waals surface area contributed by atoms with Crippen LogP contribution in [0, 0.1) is 0 Å². The molecule has 1 amide bonds. The third-order valence-corrected chi connectivity index (χ3v) is 5.26. The summed E-state index contributed by atoms with van der Waals surface area (Å²) in [5, 5.41) is 14.8. The highest BCUT2D eigenvalue weighted by Crippen LogP contribution is 2.18. The molecular weight excluding hydrogens is 416 g/mol. The van der Waals surface area contributed by atoms with Gasteiger partial charge in [0.2, 0.25) is 0 Å². The van der Waals surface area contributed by atoms with Gasteiger partial charge in [0.15, 0.2) is 11.6 Å². The molecular formula is C24H26N8O. The number of amides is 1. The van der Waals surface area contributed by atoms with Crippen molar-refractivity contribution in [2.75, 3.05) is 24.3 Å². The molecule has 0 radical (unpaired) electrons. The minimum absolute atomic E-state index is 0.128. The number of hydrogen-bond acceptors (Lipinski definition) is 7. The Morgan fingerprint density at radius 3 is 2.67 bits per heavy atom. The predicted molar refractivity (Wildman–Crippen MR) is 128 cm³/mol. The number of carbonyl (C=O) groups excluding carboxylic acids is 1. The molecule has 2 N–H and O–H groups in total. The lowest BCUT2D eigenvalue weighted by Crippen LogP contribution is -2.24. The zero-order valence-electron chi connectivity index (χ0n) is 18.9. The third-order valence-electron chi connectivity index (χ3n) is 5.26. The molecule has 2 heterocycles. The second kappa shape index (κ2) is 9.90. The first-order valence-corrected chi connectivity index (χ1v) is 10.5. The Kier molecular flexibility index (Phi) is 6.58. The minimum Gasteiger partial charge on any atom is -0.378 e. The van der Waals surface area contributed by atoms with Crippen molar-refractivity contribution in [1.29, 1.82) is 0 Å². The van der Waals surface area contributed by atoms with Crippen molar-refractivity contribution >= 4 is 17.3 Å². The van der Waals surface area contributed by atoms with Crippen LogP contribution >= 0.6 is 0 Å². The molecule has 0 saturated heterocycles. The summed E-state index contributed by atoms with van der Waals surface area (Å²) >= 11 is 0. The molecule has 0 aliphatic carbocycles. The van der Waals surface area contributed by atoms with Crippen LogP contribution in [-0.4, -0.2) is 44.7 Å². The lowest BCUT2D eigenvalue weighted by Gasteiger charge is -2.17. The monoisotopic (exact) mass is 442 g/mol. The Morgan fingerprint density at radius 1 is 1.03 bits per heavy atom. The maximum atomic E-state index is 12.7. The van der Waals surface area contributed by atoms with Crippen molar-refractivity contribution in [2.45, 2.75) is 13.1 Å². The molecule has 9 heteroatoms. The standard InChI is InChI=1S/C24H26N8O/c1-31(2)21-10-5-4-7-18(21)14-27-24(33)17-8-6-9-19(13-17)26-15-22-29-30-23(32(22)3)20-11-12-25-16-28-20/h4-13,16,26H,14-15H2,1-3H3,(H,27,33). The summed E-state index contributed by atoms with van der Waals surface area (Å²) in [4.78, 5) is 22.9. The molecule has 0 bridgehead atoms. The number of hydrogen-bond donors (Lipinski definition) is 2. The summed E-state index contributed by atoms with van der Waals surface area (Å²) in [6.07, 6.45) is 3.15. The highest BCUT2D eigenvalue weighted by molar-refractivity contribution is 5.95. The van der Waals surface area contributed by atoms with Gasteiger partial charge in [0.1, 0.15) is 12.0 Å². The number of aromatic nitrogens is 5. The van der Waals surface area contributed by atoms with E-state index in [1.807, 2.05) is 73.1 Å². The van der Waals surface area contributed by atoms with E-state index in [2.05, 4.69) is 30.8 Å². The number of nitrogens with one attached hydrogen (secondary N) is 2. The van der Waals surface area contributed by atoms with Gasteiger partial charge in [-0.05, 0) is 35.9 Å². The topological polar surface area (TPSA) is 101 Å². The first-order chi connectivity index (χ1) is 16.0. The minimum atomic E-state index is -0.128. The molecule has 0 saturated carbocycles. The van der Waals surface area contributed by atoms with Crippen LogP contribution < -0.4 is 15.5 Å². The van der Waals surface area contributed by atoms with Gasteiger partial charge < -0.3 is 20.1 Å². The van der Waals surface area contributed by atoms with Crippen LogP contribution in [0.25, 0.3) is 11.5 Å². The van der Waals surface area contributed by atoms with Crippen LogP contribution in [0.15, 0.2) is 67.1 Å². The van der Waals surface area contributed by atoms with Crippen molar-refractivity contribution in [3.05, 3.63) is 84.1 Å². The van der Waals surface area contributed by atoms with Crippen LogP contribution in [0.2, 0.25) is 0 Å². The zero-order chi connectivity index (χ0) is 23.2. The van der Waals surface area contributed by atoms with E-state index >= 15 is 0 Å². The molecule has 4 rings (SSSR count). The highest BCUT2D eigenvalue weighted by atomic mass is 16.1. The van der Waals surface area contributed by atoms with Crippen LogP contribution in [0.3, 0.4) is 0 Å². The second-order valence-corrected chi connectivity index (χ2v) is 7.73. The predicted octanol–water partition coefficient (Wildman–Crippen LogP) is 2.88. The Balaban J connectivity index is 1.39. The Morgan fingerprint density at radius 2 is 1.88 bits per heavy atom. The summed E-state index contributed by atoms with van der Waals surface area (Å²) in [6, 6.07) is 17.2. The average Bonchev–Trinajstić information content (AvgIpc) is 3.22. The second-order valence-electron chi connectivity index (χ2n) is 7.73. The highest BCUT2D eigenvalue weighted by Gasteiger charge is 2.12. The first-order valence-electron chi connectivity index (χ1n) is 10.5. The van der Waals surface area contributed by atoms with Crippen molar-refractivity contribution in [2.24, 2.45) is 7.05 Å². The van der Waals surface area contributed by atoms with Crippen LogP contribution in [0.1, 0.15) is 21.7 Å². The van der Waals surface area contributed by atoms with Crippen molar-refractivity contribution in [1.82, 2.24) is 30.0 Å². The lowest BCUT2D eigenvalue weighted by atomic mass is 10.1. The number of carbonyl (C=O) groups is 1. The Bertz CT molecular complexity index is 1240. The van der Waals surface area contributed by atoms with E-state index in [9.17, 15) is 4.79 Å². The molecule has 4 aromatic rings. The van der Waals surface area contributed by atoms with E-state index in [4.69, 9.17) is 0 Å². The van der Waals surface area contributed by atoms with Crippen molar-refractivity contribution < 1.29 is 4.79 Å². The zero-order valence-corrected chi connectivity index (χ0v) is 18.9. The largest absolute Gasteiger partial charge is 0.378 e. The molecule has 0 aliphatic rings. The average molecular weight is 443 g/mol. The van der Waals surface area contributed by atoms with E-state index in [1.54, 1.807) is 18.3 Å². The Hall–Kier alpha value is -4.27. The van der Waals surface area contributed by atoms with Gasteiger partial charge in [0.05, 0.1) is 6.54 Å². The molecule has 9 nitrogen and oxygen atoms in total. The number of benzene rings is 2. The molecule has 33 heavy (non-hydrogen) atoms. The normalized spacial score (nSPS) is 10.6. The fourth-order valence-corrected chi connectivity index (χ4v) is 3.49. The van der Waals surface area contributed by atoms with Crippen molar-refractivity contribution in [3.63, 3.8) is 0 Å². The fraction of sp³-hybridized carbons (Fsp3) is 0.208. The maximum Gasteiger partial charge on any atom is 0.251 e. The molecule has 0 fully saturated rings. The van der Waals surface area contributed by atoms with Gasteiger partial charge in [-0.25, -0.2) is 9.97 Å². The lowest BCUT2D eigenvalue weighted by molar-refractivity contribution is 0.0951. The number of para-hydroxylation sites is 1. The van der Waals surface area contributed by atoms with Gasteiger partial charge in [-0.2, -0.15) is 0 Å².